The van der Waals surface area contributed by atoms with Gasteiger partial charge in [0.2, 0.25) is 0 Å². The van der Waals surface area contributed by atoms with Crippen molar-refractivity contribution in [2.24, 2.45) is 0 Å². The van der Waals surface area contributed by atoms with Gasteiger partial charge in [0.15, 0.2) is 0 Å². The number of aromatic nitrogens is 1. The number of anilines is 2. The molecule has 6 nitrogen and oxygen atoms in total. The van der Waals surface area contributed by atoms with Crippen molar-refractivity contribution in [3.63, 3.8) is 0 Å². The first-order valence-corrected chi connectivity index (χ1v) is 11.1. The number of carbonyl (C=O) groups is 1. The number of rotatable bonds is 4. The van der Waals surface area contributed by atoms with Gasteiger partial charge in [-0.05, 0) is 74.2 Å². The van der Waals surface area contributed by atoms with E-state index in [9.17, 15) is 4.79 Å². The number of hydrogen-bond donors (Lipinski definition) is 2. The van der Waals surface area contributed by atoms with Crippen LogP contribution in [0.2, 0.25) is 0 Å². The van der Waals surface area contributed by atoms with Crippen molar-refractivity contribution in [2.45, 2.75) is 37.8 Å². The molecule has 1 aliphatic heterocycles. The molecule has 2 aromatic carbocycles. The van der Waals surface area contributed by atoms with Crippen LogP contribution in [0.1, 0.15) is 36.4 Å². The van der Waals surface area contributed by atoms with Gasteiger partial charge in [-0.2, -0.15) is 0 Å². The predicted molar refractivity (Wildman–Crippen MR) is 123 cm³/mol. The van der Waals surface area contributed by atoms with Gasteiger partial charge < -0.3 is 15.0 Å². The molecule has 0 radical (unpaired) electrons. The Bertz CT molecular complexity index is 1090. The van der Waals surface area contributed by atoms with E-state index in [1.807, 2.05) is 30.3 Å². The van der Waals surface area contributed by atoms with Gasteiger partial charge in [-0.1, -0.05) is 24.3 Å². The molecule has 0 bridgehead atoms. The lowest BCUT2D eigenvalue weighted by atomic mass is 10.1. The molecular formula is C25H28N4O2. The lowest BCUT2D eigenvalue weighted by Gasteiger charge is -2.28. The molecule has 1 aromatic heterocycles. The van der Waals surface area contributed by atoms with Crippen LogP contribution in [0.15, 0.2) is 54.6 Å². The topological polar surface area (TPSA) is 66.5 Å². The average Bonchev–Trinajstić information content (AvgIpc) is 3.18. The van der Waals surface area contributed by atoms with Gasteiger partial charge in [0.1, 0.15) is 11.9 Å². The minimum absolute atomic E-state index is 0.00678. The van der Waals surface area contributed by atoms with Crippen molar-refractivity contribution in [2.75, 3.05) is 30.8 Å². The third kappa shape index (κ3) is 4.49. The van der Waals surface area contributed by atoms with Crippen molar-refractivity contribution >= 4 is 28.5 Å². The summed E-state index contributed by atoms with van der Waals surface area (Å²) in [6.45, 7) is 1.92. The summed E-state index contributed by atoms with van der Waals surface area (Å²) in [5.41, 5.74) is 4.40. The molecule has 1 fully saturated rings. The highest BCUT2D eigenvalue weighted by atomic mass is 16.6. The molecular weight excluding hydrogens is 388 g/mol. The Morgan fingerprint density at radius 2 is 1.90 bits per heavy atom. The van der Waals surface area contributed by atoms with Crippen LogP contribution in [-0.2, 0) is 11.2 Å². The normalized spacial score (nSPS) is 19.2. The number of aryl methyl sites for hydroxylation is 1. The SMILES string of the molecule is CN1CCC(OC(=O)Nc2ccc3nc(NC4CCc5ccccc54)ccc3c2)CC1. The number of nitrogens with zero attached hydrogens (tertiary/aromatic N) is 2. The first kappa shape index (κ1) is 19.8. The van der Waals surface area contributed by atoms with E-state index in [1.165, 1.54) is 11.1 Å². The summed E-state index contributed by atoms with van der Waals surface area (Å²) in [4.78, 5) is 19.3. The largest absolute Gasteiger partial charge is 0.446 e. The second-order valence-corrected chi connectivity index (χ2v) is 8.57. The van der Waals surface area contributed by atoms with Crippen LogP contribution in [0.3, 0.4) is 0 Å². The summed E-state index contributed by atoms with van der Waals surface area (Å²) in [6.07, 6.45) is 3.55. The minimum Gasteiger partial charge on any atom is -0.446 e. The maximum absolute atomic E-state index is 12.3. The predicted octanol–water partition coefficient (Wildman–Crippen LogP) is 4.98. The van der Waals surface area contributed by atoms with E-state index in [4.69, 9.17) is 9.72 Å². The molecule has 0 spiro atoms. The molecule has 1 saturated heterocycles. The molecule has 2 N–H and O–H groups in total. The van der Waals surface area contributed by atoms with E-state index < -0.39 is 0 Å². The Balaban J connectivity index is 1.23. The van der Waals surface area contributed by atoms with Crippen molar-refractivity contribution in [3.8, 4) is 0 Å². The van der Waals surface area contributed by atoms with Crippen LogP contribution in [0, 0.1) is 0 Å². The summed E-state index contributed by atoms with van der Waals surface area (Å²) in [7, 11) is 2.09. The van der Waals surface area contributed by atoms with E-state index in [1.54, 1.807) is 0 Å². The third-order valence-electron chi connectivity index (χ3n) is 6.33. The molecule has 31 heavy (non-hydrogen) atoms. The molecule has 3 aromatic rings. The third-order valence-corrected chi connectivity index (χ3v) is 6.33. The number of pyridine rings is 1. The van der Waals surface area contributed by atoms with E-state index in [0.717, 1.165) is 61.2 Å². The molecule has 2 aliphatic rings. The van der Waals surface area contributed by atoms with Crippen molar-refractivity contribution < 1.29 is 9.53 Å². The van der Waals surface area contributed by atoms with E-state index in [0.29, 0.717) is 6.04 Å². The second-order valence-electron chi connectivity index (χ2n) is 8.57. The lowest BCUT2D eigenvalue weighted by Crippen LogP contribution is -2.36. The number of piperidine rings is 1. The highest BCUT2D eigenvalue weighted by Gasteiger charge is 2.22. The Morgan fingerprint density at radius 3 is 2.77 bits per heavy atom. The number of carbonyl (C=O) groups excluding carboxylic acids is 1. The van der Waals surface area contributed by atoms with Crippen molar-refractivity contribution in [3.05, 3.63) is 65.7 Å². The molecule has 2 heterocycles. The van der Waals surface area contributed by atoms with Gasteiger partial charge in [0.25, 0.3) is 0 Å². The van der Waals surface area contributed by atoms with Gasteiger partial charge in [-0.15, -0.1) is 0 Å². The fraction of sp³-hybridized carbons (Fsp3) is 0.360. The summed E-state index contributed by atoms with van der Waals surface area (Å²) in [5.74, 6) is 0.872. The molecule has 1 atom stereocenters. The highest BCUT2D eigenvalue weighted by Crippen LogP contribution is 2.33. The number of ether oxygens (including phenoxy) is 1. The first-order chi connectivity index (χ1) is 15.1. The monoisotopic (exact) mass is 416 g/mol. The maximum Gasteiger partial charge on any atom is 0.411 e. The zero-order valence-corrected chi connectivity index (χ0v) is 17.8. The molecule has 5 rings (SSSR count). The molecule has 160 valence electrons. The Labute approximate surface area is 182 Å². The van der Waals surface area contributed by atoms with Crippen LogP contribution in [0.5, 0.6) is 0 Å². The van der Waals surface area contributed by atoms with Crippen LogP contribution in [-0.4, -0.2) is 42.2 Å². The minimum atomic E-state index is -0.389. The van der Waals surface area contributed by atoms with Gasteiger partial charge in [0, 0.05) is 24.2 Å². The highest BCUT2D eigenvalue weighted by molar-refractivity contribution is 5.90. The molecule has 1 unspecified atom stereocenters. The summed E-state index contributed by atoms with van der Waals surface area (Å²) >= 11 is 0. The Hall–Kier alpha value is -3.12. The van der Waals surface area contributed by atoms with Crippen molar-refractivity contribution in [1.82, 2.24) is 9.88 Å². The summed E-state index contributed by atoms with van der Waals surface area (Å²) in [6, 6.07) is 18.7. The number of fused-ring (bicyclic) bond motifs is 2. The standard InChI is InChI=1S/C25H28N4O2/c1-29-14-12-20(13-15-29)31-25(30)26-19-8-10-22-18(16-19)7-11-24(27-22)28-23-9-6-17-4-2-3-5-21(17)23/h2-5,7-8,10-11,16,20,23H,6,9,12-15H2,1H3,(H,26,30)(H,27,28). The number of benzene rings is 2. The Morgan fingerprint density at radius 1 is 1.06 bits per heavy atom. The molecule has 0 saturated carbocycles. The molecule has 1 aliphatic carbocycles. The van der Waals surface area contributed by atoms with Gasteiger partial charge in [0.05, 0.1) is 11.6 Å². The number of amides is 1. The maximum atomic E-state index is 12.3. The van der Waals surface area contributed by atoms with Crippen molar-refractivity contribution in [1.29, 1.82) is 0 Å². The average molecular weight is 417 g/mol. The van der Waals surface area contributed by atoms with Gasteiger partial charge in [-0.25, -0.2) is 9.78 Å². The van der Waals surface area contributed by atoms with Gasteiger partial charge in [-0.3, -0.25) is 5.32 Å². The number of nitrogens with one attached hydrogen (secondary N) is 2. The first-order valence-electron chi connectivity index (χ1n) is 11.1. The van der Waals surface area contributed by atoms with Crippen LogP contribution >= 0.6 is 0 Å². The quantitative estimate of drug-likeness (QED) is 0.628. The van der Waals surface area contributed by atoms with E-state index in [-0.39, 0.29) is 12.2 Å². The zero-order valence-electron chi connectivity index (χ0n) is 17.8. The second kappa shape index (κ2) is 8.55. The van der Waals surface area contributed by atoms with E-state index >= 15 is 0 Å². The summed E-state index contributed by atoms with van der Waals surface area (Å²) < 4.78 is 5.58. The van der Waals surface area contributed by atoms with Crippen LogP contribution < -0.4 is 10.6 Å². The fourth-order valence-electron chi connectivity index (χ4n) is 4.57. The molecule has 6 heteroatoms. The number of likely N-dealkylation sites (tertiary alicyclic amines) is 1. The zero-order chi connectivity index (χ0) is 21.2. The lowest BCUT2D eigenvalue weighted by molar-refractivity contribution is 0.0662. The fourth-order valence-corrected chi connectivity index (χ4v) is 4.57. The summed E-state index contributed by atoms with van der Waals surface area (Å²) in [5, 5.41) is 7.42. The van der Waals surface area contributed by atoms with E-state index in [2.05, 4.69) is 46.8 Å². The Kier molecular flexibility index (Phi) is 5.47. The van der Waals surface area contributed by atoms with Crippen LogP contribution in [0.25, 0.3) is 10.9 Å². The van der Waals surface area contributed by atoms with Crippen LogP contribution in [0.4, 0.5) is 16.3 Å². The number of hydrogen-bond acceptors (Lipinski definition) is 5. The molecule has 1 amide bonds. The smallest absolute Gasteiger partial charge is 0.411 e. The van der Waals surface area contributed by atoms with Gasteiger partial charge >= 0.3 is 6.09 Å².